The molecule has 12 heteroatoms. The monoisotopic (exact) mass is 675 g/mol. The normalized spacial score (nSPS) is 15.0. The molecule has 0 saturated heterocycles. The Balaban J connectivity index is 1.47. The van der Waals surface area contributed by atoms with Gasteiger partial charge in [-0.3, -0.25) is 14.6 Å². The molecule has 0 bridgehead atoms. The SMILES string of the molecule is CC(C)(C)c1ccc(S(=O)(=O)ONC2=CC(=N[C@H](Cc3ccccc3)C(=O)Nc3cccc(C(F)(F)F)c3)C(=O)c3ccccc32)cc1. The maximum Gasteiger partial charge on any atom is 0.416 e. The summed E-state index contributed by atoms with van der Waals surface area (Å²) in [6.45, 7) is 6.00. The molecule has 0 radical (unpaired) electrons. The Morgan fingerprint density at radius 3 is 2.12 bits per heavy atom. The summed E-state index contributed by atoms with van der Waals surface area (Å²) in [5.74, 6) is -1.29. The van der Waals surface area contributed by atoms with Crippen LogP contribution < -0.4 is 10.8 Å². The number of nitrogens with zero attached hydrogens (tertiary/aromatic N) is 1. The van der Waals surface area contributed by atoms with Crippen LogP contribution in [0.1, 0.15) is 53.4 Å². The number of Topliss-reactive ketones (excluding diaryl/α,β-unsaturated/α-hetero) is 1. The number of carbonyl (C=O) groups is 2. The number of ketones is 1. The summed E-state index contributed by atoms with van der Waals surface area (Å²) in [5, 5.41) is 2.49. The fourth-order valence-electron chi connectivity index (χ4n) is 4.98. The zero-order chi connectivity index (χ0) is 34.7. The zero-order valence-corrected chi connectivity index (χ0v) is 27.0. The van der Waals surface area contributed by atoms with E-state index in [1.807, 2.05) is 20.8 Å². The van der Waals surface area contributed by atoms with E-state index in [-0.39, 0.29) is 39.4 Å². The maximum atomic E-state index is 13.6. The first-order chi connectivity index (χ1) is 22.6. The first-order valence-corrected chi connectivity index (χ1v) is 16.3. The highest BCUT2D eigenvalue weighted by Crippen LogP contribution is 2.31. The topological polar surface area (TPSA) is 114 Å². The lowest BCUT2D eigenvalue weighted by atomic mass is 9.87. The third-order valence-electron chi connectivity index (χ3n) is 7.57. The summed E-state index contributed by atoms with van der Waals surface area (Å²) in [6.07, 6.45) is -3.33. The molecule has 1 amide bonds. The Morgan fingerprint density at radius 2 is 1.48 bits per heavy atom. The van der Waals surface area contributed by atoms with Crippen molar-refractivity contribution in [2.45, 2.75) is 49.7 Å². The number of fused-ring (bicyclic) bond motifs is 1. The Kier molecular flexibility index (Phi) is 9.69. The number of aliphatic imine (C=N–C) groups is 1. The smallest absolute Gasteiger partial charge is 0.324 e. The number of anilines is 1. The van der Waals surface area contributed by atoms with E-state index in [0.29, 0.717) is 11.1 Å². The Bertz CT molecular complexity index is 2000. The van der Waals surface area contributed by atoms with Gasteiger partial charge in [0, 0.05) is 23.2 Å². The van der Waals surface area contributed by atoms with Gasteiger partial charge in [-0.15, -0.1) is 4.28 Å². The van der Waals surface area contributed by atoms with Gasteiger partial charge in [0.15, 0.2) is 0 Å². The second kappa shape index (κ2) is 13.6. The Labute approximate surface area is 276 Å². The highest BCUT2D eigenvalue weighted by atomic mass is 32.2. The molecule has 1 aliphatic rings. The minimum absolute atomic E-state index is 0.0100. The fourth-order valence-corrected chi connectivity index (χ4v) is 5.75. The van der Waals surface area contributed by atoms with Gasteiger partial charge in [-0.2, -0.15) is 21.6 Å². The van der Waals surface area contributed by atoms with Crippen LogP contribution in [0.4, 0.5) is 18.9 Å². The van der Waals surface area contributed by atoms with Gasteiger partial charge in [-0.1, -0.05) is 93.6 Å². The van der Waals surface area contributed by atoms with E-state index in [4.69, 9.17) is 4.28 Å². The van der Waals surface area contributed by atoms with Crippen molar-refractivity contribution in [3.05, 3.63) is 137 Å². The van der Waals surface area contributed by atoms with Gasteiger partial charge in [0.25, 0.3) is 0 Å². The van der Waals surface area contributed by atoms with Crippen LogP contribution in [0.3, 0.4) is 0 Å². The fraction of sp³-hybridized carbons (Fsp3) is 0.194. The highest BCUT2D eigenvalue weighted by molar-refractivity contribution is 7.86. The third kappa shape index (κ3) is 8.07. The standard InChI is InChI=1S/C36H32F3N3O5S/c1-35(2,3)24-16-18-27(19-17-24)48(45,46)47-42-30-22-31(33(43)29-15-8-7-14-28(29)30)41-32(20-23-10-5-4-6-11-23)34(44)40-26-13-9-12-25(21-26)36(37,38)39/h4-19,21-22,32,42H,20H2,1-3H3,(H,40,44)/t32-/m1/s1. The van der Waals surface area contributed by atoms with E-state index in [2.05, 4.69) is 15.8 Å². The van der Waals surface area contributed by atoms with Gasteiger partial charge in [0.2, 0.25) is 11.7 Å². The number of hydroxylamine groups is 1. The lowest BCUT2D eigenvalue weighted by Crippen LogP contribution is -2.32. The molecular formula is C36H32F3N3O5S. The van der Waals surface area contributed by atoms with E-state index in [1.165, 1.54) is 36.4 Å². The summed E-state index contributed by atoms with van der Waals surface area (Å²) in [7, 11) is -4.30. The lowest BCUT2D eigenvalue weighted by molar-refractivity contribution is -0.137. The van der Waals surface area contributed by atoms with Crippen LogP contribution in [0, 0.1) is 0 Å². The second-order valence-corrected chi connectivity index (χ2v) is 13.7. The average Bonchev–Trinajstić information content (AvgIpc) is 3.05. The molecule has 248 valence electrons. The highest BCUT2D eigenvalue weighted by Gasteiger charge is 2.32. The molecule has 1 aliphatic carbocycles. The van der Waals surface area contributed by atoms with Gasteiger partial charge < -0.3 is 5.32 Å². The van der Waals surface area contributed by atoms with Crippen LogP contribution in [-0.4, -0.2) is 31.9 Å². The summed E-state index contributed by atoms with van der Waals surface area (Å²) >= 11 is 0. The zero-order valence-electron chi connectivity index (χ0n) is 26.2. The molecule has 0 unspecified atom stereocenters. The Morgan fingerprint density at radius 1 is 0.833 bits per heavy atom. The number of halogens is 3. The lowest BCUT2D eigenvalue weighted by Gasteiger charge is -2.21. The van der Waals surface area contributed by atoms with E-state index in [9.17, 15) is 31.2 Å². The molecule has 1 atom stereocenters. The third-order valence-corrected chi connectivity index (χ3v) is 8.73. The Hall–Kier alpha value is -5.07. The molecular weight excluding hydrogens is 643 g/mol. The summed E-state index contributed by atoms with van der Waals surface area (Å²) in [5.41, 5.74) is 3.26. The molecule has 8 nitrogen and oxygen atoms in total. The van der Waals surface area contributed by atoms with E-state index in [1.54, 1.807) is 60.7 Å². The molecule has 48 heavy (non-hydrogen) atoms. The molecule has 0 spiro atoms. The van der Waals surface area contributed by atoms with Gasteiger partial charge in [-0.25, -0.2) is 5.48 Å². The van der Waals surface area contributed by atoms with Gasteiger partial charge in [0.1, 0.15) is 11.8 Å². The number of nitrogens with one attached hydrogen (secondary N) is 2. The molecule has 0 aliphatic heterocycles. The number of rotatable bonds is 9. The van der Waals surface area contributed by atoms with E-state index >= 15 is 0 Å². The van der Waals surface area contributed by atoms with Gasteiger partial charge in [-0.05, 0) is 52.9 Å². The van der Waals surface area contributed by atoms with Crippen molar-refractivity contribution in [1.82, 2.24) is 5.48 Å². The number of hydrogen-bond acceptors (Lipinski definition) is 7. The molecule has 4 aromatic carbocycles. The quantitative estimate of drug-likeness (QED) is 0.182. The largest absolute Gasteiger partial charge is 0.416 e. The van der Waals surface area contributed by atoms with Crippen LogP contribution in [0.2, 0.25) is 0 Å². The minimum atomic E-state index is -4.62. The van der Waals surface area contributed by atoms with Crippen LogP contribution >= 0.6 is 0 Å². The molecule has 5 rings (SSSR count). The average molecular weight is 676 g/mol. The van der Waals surface area contributed by atoms with Crippen molar-refractivity contribution < 1.29 is 35.5 Å². The van der Waals surface area contributed by atoms with Crippen LogP contribution in [0.5, 0.6) is 0 Å². The van der Waals surface area contributed by atoms with Crippen molar-refractivity contribution in [2.24, 2.45) is 4.99 Å². The summed E-state index contributed by atoms with van der Waals surface area (Å²) < 4.78 is 71.3. The number of alkyl halides is 3. The predicted octanol–water partition coefficient (Wildman–Crippen LogP) is 7.14. The second-order valence-electron chi connectivity index (χ2n) is 12.1. The van der Waals surface area contributed by atoms with Crippen molar-refractivity contribution in [3.63, 3.8) is 0 Å². The predicted molar refractivity (Wildman–Crippen MR) is 177 cm³/mol. The van der Waals surface area contributed by atoms with E-state index in [0.717, 1.165) is 17.7 Å². The number of amides is 1. The van der Waals surface area contributed by atoms with Crippen molar-refractivity contribution in [2.75, 3.05) is 5.32 Å². The summed E-state index contributed by atoms with van der Waals surface area (Å²) in [6, 6.07) is 24.4. The first-order valence-electron chi connectivity index (χ1n) is 14.9. The number of allylic oxidation sites excluding steroid dienone is 1. The molecule has 0 saturated carbocycles. The molecule has 2 N–H and O–H groups in total. The van der Waals surface area contributed by atoms with Crippen molar-refractivity contribution >= 4 is 38.9 Å². The molecule has 0 fully saturated rings. The number of hydrogen-bond donors (Lipinski definition) is 2. The van der Waals surface area contributed by atoms with Crippen LogP contribution in [-0.2, 0) is 37.2 Å². The van der Waals surface area contributed by atoms with E-state index < -0.39 is 39.6 Å². The number of carbonyl (C=O) groups excluding carboxylic acids is 2. The minimum Gasteiger partial charge on any atom is -0.324 e. The van der Waals surface area contributed by atoms with Crippen molar-refractivity contribution in [3.8, 4) is 0 Å². The van der Waals surface area contributed by atoms with Gasteiger partial charge >= 0.3 is 16.3 Å². The summed E-state index contributed by atoms with van der Waals surface area (Å²) in [4.78, 5) is 31.5. The molecule has 0 heterocycles. The number of benzene rings is 4. The van der Waals surface area contributed by atoms with Gasteiger partial charge in [0.05, 0.1) is 16.2 Å². The first kappa shape index (κ1) is 34.3. The van der Waals surface area contributed by atoms with Crippen molar-refractivity contribution in [1.29, 1.82) is 0 Å². The molecule has 4 aromatic rings. The molecule has 0 aromatic heterocycles. The van der Waals surface area contributed by atoms with Crippen LogP contribution in [0.25, 0.3) is 5.70 Å². The maximum absolute atomic E-state index is 13.6. The van der Waals surface area contributed by atoms with Crippen LogP contribution in [0.15, 0.2) is 119 Å².